The number of nitrogens with zero attached hydrogens (tertiary/aromatic N) is 1. The first kappa shape index (κ1) is 10.4. The lowest BCUT2D eigenvalue weighted by Crippen LogP contribution is -2.12. The highest BCUT2D eigenvalue weighted by atomic mass is 16.5. The standard InChI is InChI=1S/C8H15NO2/c1-3-10-6-7-11-8(2)4-5-9/h8H,3-4,6-7H2,1-2H3. The van der Waals surface area contributed by atoms with Crippen molar-refractivity contribution in [2.24, 2.45) is 0 Å². The van der Waals surface area contributed by atoms with Gasteiger partial charge in [0.15, 0.2) is 0 Å². The number of rotatable bonds is 6. The topological polar surface area (TPSA) is 42.2 Å². The quantitative estimate of drug-likeness (QED) is 0.546. The lowest BCUT2D eigenvalue weighted by atomic mass is 10.3. The van der Waals surface area contributed by atoms with E-state index in [1.807, 2.05) is 19.9 Å². The highest BCUT2D eigenvalue weighted by Crippen LogP contribution is 1.94. The van der Waals surface area contributed by atoms with Crippen molar-refractivity contribution in [1.29, 1.82) is 5.26 Å². The van der Waals surface area contributed by atoms with Crippen molar-refractivity contribution in [3.63, 3.8) is 0 Å². The highest BCUT2D eigenvalue weighted by molar-refractivity contribution is 4.72. The predicted molar refractivity (Wildman–Crippen MR) is 42.1 cm³/mol. The maximum Gasteiger partial charge on any atom is 0.0704 e. The van der Waals surface area contributed by atoms with Gasteiger partial charge < -0.3 is 9.47 Å². The average molecular weight is 157 g/mol. The molecule has 0 N–H and O–H groups in total. The second-order valence-electron chi connectivity index (χ2n) is 2.24. The van der Waals surface area contributed by atoms with Crippen LogP contribution in [-0.2, 0) is 9.47 Å². The minimum Gasteiger partial charge on any atom is -0.379 e. The van der Waals surface area contributed by atoms with E-state index in [9.17, 15) is 0 Å². The van der Waals surface area contributed by atoms with Crippen molar-refractivity contribution < 1.29 is 9.47 Å². The fourth-order valence-corrected chi connectivity index (χ4v) is 0.640. The third-order valence-electron chi connectivity index (χ3n) is 1.21. The van der Waals surface area contributed by atoms with Crippen LogP contribution in [0.5, 0.6) is 0 Å². The molecule has 0 heterocycles. The van der Waals surface area contributed by atoms with E-state index in [0.29, 0.717) is 19.6 Å². The van der Waals surface area contributed by atoms with E-state index in [0.717, 1.165) is 6.61 Å². The molecule has 11 heavy (non-hydrogen) atoms. The van der Waals surface area contributed by atoms with Gasteiger partial charge in [0.05, 0.1) is 31.8 Å². The van der Waals surface area contributed by atoms with Gasteiger partial charge in [-0.15, -0.1) is 0 Å². The summed E-state index contributed by atoms with van der Waals surface area (Å²) in [6.07, 6.45) is 0.479. The van der Waals surface area contributed by atoms with Crippen LogP contribution >= 0.6 is 0 Å². The van der Waals surface area contributed by atoms with Crippen LogP contribution in [0.3, 0.4) is 0 Å². The lowest BCUT2D eigenvalue weighted by molar-refractivity contribution is 0.0175. The SMILES string of the molecule is CCOCCOC(C)CC#N. The molecule has 0 radical (unpaired) electrons. The van der Waals surface area contributed by atoms with Crippen molar-refractivity contribution in [2.45, 2.75) is 26.4 Å². The summed E-state index contributed by atoms with van der Waals surface area (Å²) in [5.41, 5.74) is 0. The van der Waals surface area contributed by atoms with Gasteiger partial charge in [-0.1, -0.05) is 0 Å². The molecule has 0 bridgehead atoms. The summed E-state index contributed by atoms with van der Waals surface area (Å²) in [5.74, 6) is 0. The van der Waals surface area contributed by atoms with Gasteiger partial charge in [0, 0.05) is 6.61 Å². The van der Waals surface area contributed by atoms with Gasteiger partial charge in [-0.3, -0.25) is 0 Å². The van der Waals surface area contributed by atoms with Gasteiger partial charge in [0.25, 0.3) is 0 Å². The van der Waals surface area contributed by atoms with Crippen molar-refractivity contribution >= 4 is 0 Å². The molecule has 0 spiro atoms. The first-order valence-electron chi connectivity index (χ1n) is 3.87. The van der Waals surface area contributed by atoms with E-state index >= 15 is 0 Å². The van der Waals surface area contributed by atoms with E-state index in [2.05, 4.69) is 0 Å². The summed E-state index contributed by atoms with van der Waals surface area (Å²) >= 11 is 0. The first-order valence-corrected chi connectivity index (χ1v) is 3.87. The summed E-state index contributed by atoms with van der Waals surface area (Å²) in [6, 6.07) is 2.04. The molecular weight excluding hydrogens is 142 g/mol. The second-order valence-corrected chi connectivity index (χ2v) is 2.24. The van der Waals surface area contributed by atoms with Crippen molar-refractivity contribution in [1.82, 2.24) is 0 Å². The Hall–Kier alpha value is -0.590. The Morgan fingerprint density at radius 1 is 1.45 bits per heavy atom. The van der Waals surface area contributed by atoms with Crippen LogP contribution in [0, 0.1) is 11.3 Å². The maximum atomic E-state index is 8.28. The number of ether oxygens (including phenoxy) is 2. The Kier molecular flexibility index (Phi) is 7.11. The smallest absolute Gasteiger partial charge is 0.0704 e. The van der Waals surface area contributed by atoms with Crippen molar-refractivity contribution in [2.75, 3.05) is 19.8 Å². The molecule has 64 valence electrons. The maximum absolute atomic E-state index is 8.28. The third-order valence-corrected chi connectivity index (χ3v) is 1.21. The zero-order valence-electron chi connectivity index (χ0n) is 7.17. The van der Waals surface area contributed by atoms with Crippen LogP contribution in [0.15, 0.2) is 0 Å². The Labute approximate surface area is 67.9 Å². The first-order chi connectivity index (χ1) is 5.31. The molecule has 0 saturated heterocycles. The molecule has 1 atom stereocenters. The van der Waals surface area contributed by atoms with Crippen LogP contribution in [0.2, 0.25) is 0 Å². The summed E-state index contributed by atoms with van der Waals surface area (Å²) < 4.78 is 10.3. The molecule has 0 amide bonds. The molecule has 0 aromatic carbocycles. The largest absolute Gasteiger partial charge is 0.379 e. The number of hydrogen-bond acceptors (Lipinski definition) is 3. The van der Waals surface area contributed by atoms with Crippen LogP contribution in [0.4, 0.5) is 0 Å². The fraction of sp³-hybridized carbons (Fsp3) is 0.875. The van der Waals surface area contributed by atoms with Gasteiger partial charge in [0.2, 0.25) is 0 Å². The van der Waals surface area contributed by atoms with Crippen LogP contribution in [-0.4, -0.2) is 25.9 Å². The number of hydrogen-bond donors (Lipinski definition) is 0. The monoisotopic (exact) mass is 157 g/mol. The Balaban J connectivity index is 3.05. The average Bonchev–Trinajstić information content (AvgIpc) is 1.99. The van der Waals surface area contributed by atoms with E-state index in [1.54, 1.807) is 0 Å². The highest BCUT2D eigenvalue weighted by Gasteiger charge is 1.98. The zero-order chi connectivity index (χ0) is 8.53. The molecule has 0 rings (SSSR count). The van der Waals surface area contributed by atoms with E-state index < -0.39 is 0 Å². The Bertz CT molecular complexity index is 120. The van der Waals surface area contributed by atoms with Gasteiger partial charge in [0.1, 0.15) is 0 Å². The molecular formula is C8H15NO2. The van der Waals surface area contributed by atoms with Crippen LogP contribution in [0.25, 0.3) is 0 Å². The minimum atomic E-state index is 0.0282. The molecule has 3 nitrogen and oxygen atoms in total. The molecule has 1 unspecified atom stereocenters. The van der Waals surface area contributed by atoms with Gasteiger partial charge in [-0.2, -0.15) is 5.26 Å². The van der Waals surface area contributed by atoms with Crippen LogP contribution in [0.1, 0.15) is 20.3 Å². The normalized spacial score (nSPS) is 12.5. The Morgan fingerprint density at radius 2 is 2.18 bits per heavy atom. The van der Waals surface area contributed by atoms with E-state index in [1.165, 1.54) is 0 Å². The molecule has 0 aliphatic carbocycles. The van der Waals surface area contributed by atoms with Gasteiger partial charge in [-0.25, -0.2) is 0 Å². The third kappa shape index (κ3) is 7.31. The van der Waals surface area contributed by atoms with Crippen molar-refractivity contribution in [3.8, 4) is 6.07 Å². The summed E-state index contributed by atoms with van der Waals surface area (Å²) in [4.78, 5) is 0. The zero-order valence-corrected chi connectivity index (χ0v) is 7.17. The molecule has 0 saturated carbocycles. The summed E-state index contributed by atoms with van der Waals surface area (Å²) in [5, 5.41) is 8.28. The lowest BCUT2D eigenvalue weighted by Gasteiger charge is -2.08. The summed E-state index contributed by atoms with van der Waals surface area (Å²) in [6.45, 7) is 5.74. The van der Waals surface area contributed by atoms with E-state index in [-0.39, 0.29) is 6.10 Å². The molecule has 0 aromatic heterocycles. The molecule has 0 aromatic rings. The molecule has 3 heteroatoms. The van der Waals surface area contributed by atoms with Crippen LogP contribution < -0.4 is 0 Å². The van der Waals surface area contributed by atoms with Crippen molar-refractivity contribution in [3.05, 3.63) is 0 Å². The second kappa shape index (κ2) is 7.52. The minimum absolute atomic E-state index is 0.0282. The molecule has 0 fully saturated rings. The predicted octanol–water partition coefficient (Wildman–Crippen LogP) is 1.34. The van der Waals surface area contributed by atoms with Gasteiger partial charge in [-0.05, 0) is 13.8 Å². The molecule has 0 aliphatic heterocycles. The summed E-state index contributed by atoms with van der Waals surface area (Å²) in [7, 11) is 0. The number of nitriles is 1. The van der Waals surface area contributed by atoms with Gasteiger partial charge >= 0.3 is 0 Å². The fourth-order valence-electron chi connectivity index (χ4n) is 0.640. The molecule has 0 aliphatic rings. The van der Waals surface area contributed by atoms with E-state index in [4.69, 9.17) is 14.7 Å². The Morgan fingerprint density at radius 3 is 2.73 bits per heavy atom.